The molecule has 0 aliphatic heterocycles. The summed E-state index contributed by atoms with van der Waals surface area (Å²) in [5.74, 6) is 0. The molecule has 1 fully saturated rings. The van der Waals surface area contributed by atoms with Gasteiger partial charge in [0.15, 0.2) is 0 Å². The maximum atomic E-state index is 13.3. The average Bonchev–Trinajstić information content (AvgIpc) is 2.32. The summed E-state index contributed by atoms with van der Waals surface area (Å²) in [4.78, 5) is 11.7. The molecule has 3 nitrogen and oxygen atoms in total. The van der Waals surface area contributed by atoms with Crippen molar-refractivity contribution in [2.24, 2.45) is 0 Å². The Morgan fingerprint density at radius 3 is 2.45 bits per heavy atom. The highest BCUT2D eigenvalue weighted by Gasteiger charge is 2.46. The number of hydrogen-bond donors (Lipinski definition) is 1. The number of alkyl carbamates (subject to hydrolysis) is 1. The molecule has 0 atom stereocenters. The summed E-state index contributed by atoms with van der Waals surface area (Å²) >= 11 is 0. The van der Waals surface area contributed by atoms with Crippen LogP contribution in [0.15, 0.2) is 30.3 Å². The van der Waals surface area contributed by atoms with Gasteiger partial charge in [0.25, 0.3) is 0 Å². The Morgan fingerprint density at radius 2 is 1.95 bits per heavy atom. The number of carbonyl (C=O) groups is 1. The molecule has 1 aliphatic rings. The molecule has 0 bridgehead atoms. The van der Waals surface area contributed by atoms with Crippen molar-refractivity contribution in [1.82, 2.24) is 5.32 Å². The van der Waals surface area contributed by atoms with Crippen molar-refractivity contribution in [2.45, 2.75) is 50.8 Å². The Hall–Kier alpha value is -1.58. The summed E-state index contributed by atoms with van der Waals surface area (Å²) in [7, 11) is 0. The predicted molar refractivity (Wildman–Crippen MR) is 76.5 cm³/mol. The molecule has 0 saturated heterocycles. The van der Waals surface area contributed by atoms with Crippen molar-refractivity contribution < 1.29 is 13.9 Å². The minimum absolute atomic E-state index is 0.294. The molecule has 1 saturated carbocycles. The van der Waals surface area contributed by atoms with Crippen LogP contribution in [0.1, 0.15) is 39.2 Å². The minimum atomic E-state index is -0.782. The zero-order chi connectivity index (χ0) is 14.8. The lowest BCUT2D eigenvalue weighted by Crippen LogP contribution is -2.51. The summed E-state index contributed by atoms with van der Waals surface area (Å²) in [6.45, 7) is 5.87. The monoisotopic (exact) mass is 279 g/mol. The molecule has 0 unspecified atom stereocenters. The van der Waals surface area contributed by atoms with E-state index < -0.39 is 17.9 Å². The molecule has 1 aliphatic carbocycles. The zero-order valence-electron chi connectivity index (χ0n) is 12.3. The Morgan fingerprint density at radius 1 is 1.35 bits per heavy atom. The van der Waals surface area contributed by atoms with Crippen molar-refractivity contribution in [2.75, 3.05) is 6.54 Å². The van der Waals surface area contributed by atoms with E-state index in [4.69, 9.17) is 4.74 Å². The Bertz CT molecular complexity index is 461. The zero-order valence-corrected chi connectivity index (χ0v) is 12.3. The molecule has 0 aromatic heterocycles. The number of benzene rings is 1. The van der Waals surface area contributed by atoms with Gasteiger partial charge in [0.1, 0.15) is 11.8 Å². The van der Waals surface area contributed by atoms with Crippen LogP contribution in [-0.2, 0) is 10.2 Å². The number of amides is 1. The summed E-state index contributed by atoms with van der Waals surface area (Å²) in [5, 5.41) is 2.77. The second kappa shape index (κ2) is 5.43. The normalized spacial score (nSPS) is 25.7. The predicted octanol–water partition coefficient (Wildman–Crippen LogP) is 3.58. The third-order valence-corrected chi connectivity index (χ3v) is 3.58. The molecule has 0 heterocycles. The van der Waals surface area contributed by atoms with Crippen LogP contribution in [0.2, 0.25) is 0 Å². The first-order chi connectivity index (χ1) is 9.31. The van der Waals surface area contributed by atoms with Crippen LogP contribution >= 0.6 is 0 Å². The highest BCUT2D eigenvalue weighted by molar-refractivity contribution is 5.68. The fourth-order valence-electron chi connectivity index (χ4n) is 2.62. The van der Waals surface area contributed by atoms with E-state index in [0.717, 1.165) is 5.56 Å². The smallest absolute Gasteiger partial charge is 0.407 e. The van der Waals surface area contributed by atoms with Gasteiger partial charge in [-0.1, -0.05) is 30.3 Å². The quantitative estimate of drug-likeness (QED) is 0.918. The van der Waals surface area contributed by atoms with Crippen LogP contribution < -0.4 is 5.32 Å². The standard InChI is InChI=1S/C16H22FNO2/c1-15(2,3)20-14(19)18-11-16(9-13(17)10-16)12-7-5-4-6-8-12/h4-8,13H,9-11H2,1-3H3,(H,18,19). The average molecular weight is 279 g/mol. The van der Waals surface area contributed by atoms with Gasteiger partial charge < -0.3 is 10.1 Å². The molecular formula is C16H22FNO2. The maximum Gasteiger partial charge on any atom is 0.407 e. The topological polar surface area (TPSA) is 38.3 Å². The van der Waals surface area contributed by atoms with E-state index in [1.807, 2.05) is 51.1 Å². The number of rotatable bonds is 3. The van der Waals surface area contributed by atoms with E-state index in [0.29, 0.717) is 19.4 Å². The Kier molecular flexibility index (Phi) is 4.02. The Balaban J connectivity index is 1.99. The summed E-state index contributed by atoms with van der Waals surface area (Å²) in [6, 6.07) is 9.79. The summed E-state index contributed by atoms with van der Waals surface area (Å²) in [6.07, 6.45) is -0.328. The molecule has 1 aromatic carbocycles. The molecule has 0 radical (unpaired) electrons. The first-order valence-corrected chi connectivity index (χ1v) is 6.97. The van der Waals surface area contributed by atoms with Crippen molar-refractivity contribution in [1.29, 1.82) is 0 Å². The fourth-order valence-corrected chi connectivity index (χ4v) is 2.62. The summed E-state index contributed by atoms with van der Waals surface area (Å²) in [5.41, 5.74) is 0.258. The number of nitrogens with one attached hydrogen (secondary N) is 1. The number of carbonyl (C=O) groups excluding carboxylic acids is 1. The maximum absolute atomic E-state index is 13.3. The number of halogens is 1. The lowest BCUT2D eigenvalue weighted by atomic mass is 9.63. The SMILES string of the molecule is CC(C)(C)OC(=O)NCC1(c2ccccc2)CC(F)C1. The summed E-state index contributed by atoms with van der Waals surface area (Å²) < 4.78 is 18.6. The van der Waals surface area contributed by atoms with Crippen LogP contribution in [0.3, 0.4) is 0 Å². The van der Waals surface area contributed by atoms with Crippen LogP contribution in [0.5, 0.6) is 0 Å². The number of ether oxygens (including phenoxy) is 1. The van der Waals surface area contributed by atoms with Crippen LogP contribution in [0, 0.1) is 0 Å². The van der Waals surface area contributed by atoms with Crippen LogP contribution in [0.4, 0.5) is 9.18 Å². The van der Waals surface area contributed by atoms with Gasteiger partial charge in [-0.25, -0.2) is 9.18 Å². The van der Waals surface area contributed by atoms with E-state index >= 15 is 0 Å². The molecule has 1 amide bonds. The van der Waals surface area contributed by atoms with Gasteiger partial charge in [-0.15, -0.1) is 0 Å². The number of alkyl halides is 1. The molecule has 4 heteroatoms. The number of hydrogen-bond acceptors (Lipinski definition) is 2. The second-order valence-corrected chi connectivity index (χ2v) is 6.51. The molecule has 2 rings (SSSR count). The minimum Gasteiger partial charge on any atom is -0.444 e. The fraction of sp³-hybridized carbons (Fsp3) is 0.562. The van der Waals surface area contributed by atoms with Crippen molar-refractivity contribution in [3.63, 3.8) is 0 Å². The first kappa shape index (κ1) is 14.8. The van der Waals surface area contributed by atoms with Crippen molar-refractivity contribution in [3.8, 4) is 0 Å². The molecule has 0 spiro atoms. The van der Waals surface area contributed by atoms with E-state index in [9.17, 15) is 9.18 Å². The molecule has 1 aromatic rings. The highest BCUT2D eigenvalue weighted by atomic mass is 19.1. The molecule has 20 heavy (non-hydrogen) atoms. The Labute approximate surface area is 119 Å². The second-order valence-electron chi connectivity index (χ2n) is 6.51. The van der Waals surface area contributed by atoms with Gasteiger partial charge in [-0.05, 0) is 39.2 Å². The van der Waals surface area contributed by atoms with Crippen molar-refractivity contribution in [3.05, 3.63) is 35.9 Å². The third-order valence-electron chi connectivity index (χ3n) is 3.58. The largest absolute Gasteiger partial charge is 0.444 e. The van der Waals surface area contributed by atoms with E-state index in [-0.39, 0.29) is 5.41 Å². The van der Waals surface area contributed by atoms with E-state index in [1.165, 1.54) is 0 Å². The lowest BCUT2D eigenvalue weighted by molar-refractivity contribution is 0.0442. The lowest BCUT2D eigenvalue weighted by Gasteiger charge is -2.45. The molecule has 1 N–H and O–H groups in total. The van der Waals surface area contributed by atoms with Gasteiger partial charge in [0.05, 0.1) is 0 Å². The van der Waals surface area contributed by atoms with Gasteiger partial charge in [-0.2, -0.15) is 0 Å². The third kappa shape index (κ3) is 3.50. The molecular weight excluding hydrogens is 257 g/mol. The van der Waals surface area contributed by atoms with Gasteiger partial charge >= 0.3 is 6.09 Å². The van der Waals surface area contributed by atoms with Crippen molar-refractivity contribution >= 4 is 6.09 Å². The highest BCUT2D eigenvalue weighted by Crippen LogP contribution is 2.45. The van der Waals surface area contributed by atoms with Gasteiger partial charge in [0, 0.05) is 12.0 Å². The first-order valence-electron chi connectivity index (χ1n) is 6.97. The van der Waals surface area contributed by atoms with E-state index in [2.05, 4.69) is 5.32 Å². The van der Waals surface area contributed by atoms with Crippen LogP contribution in [0.25, 0.3) is 0 Å². The van der Waals surface area contributed by atoms with Crippen LogP contribution in [-0.4, -0.2) is 24.4 Å². The van der Waals surface area contributed by atoms with E-state index in [1.54, 1.807) is 0 Å². The van der Waals surface area contributed by atoms with Gasteiger partial charge in [0.2, 0.25) is 0 Å². The molecule has 110 valence electrons. The van der Waals surface area contributed by atoms with Gasteiger partial charge in [-0.3, -0.25) is 0 Å².